The van der Waals surface area contributed by atoms with Gasteiger partial charge in [-0.1, -0.05) is 13.3 Å². The number of aromatic nitrogens is 4. The van der Waals surface area contributed by atoms with E-state index in [1.807, 2.05) is 11.7 Å². The Morgan fingerprint density at radius 2 is 2.10 bits per heavy atom. The fraction of sp³-hybridized carbons (Fsp3) is 0.733. The van der Waals surface area contributed by atoms with E-state index in [2.05, 4.69) is 16.6 Å². The minimum atomic E-state index is 0.448. The molecule has 0 N–H and O–H groups in total. The molecule has 0 aliphatic carbocycles. The second-order valence-corrected chi connectivity index (χ2v) is 6.09. The molecule has 0 unspecified atom stereocenters. The molecule has 0 spiro atoms. The van der Waals surface area contributed by atoms with E-state index in [1.165, 1.54) is 0 Å². The predicted octanol–water partition coefficient (Wildman–Crippen LogP) is 2.89. The monoisotopic (exact) mass is 310 g/mol. The molecule has 0 radical (unpaired) electrons. The average Bonchev–Trinajstić information content (AvgIpc) is 3.00. The largest absolute Gasteiger partial charge is 0.381 e. The van der Waals surface area contributed by atoms with Crippen LogP contribution in [-0.2, 0) is 30.6 Å². The Labute approximate surface area is 130 Å². The first-order chi connectivity index (χ1) is 10.2. The van der Waals surface area contributed by atoms with Gasteiger partial charge in [0.15, 0.2) is 5.65 Å². The van der Waals surface area contributed by atoms with Crippen LogP contribution in [0.5, 0.6) is 0 Å². The Balaban J connectivity index is 1.98. The number of aryl methyl sites for hydroxylation is 2. The number of nitrogens with zero attached hydrogens (tertiary/aromatic N) is 4. The van der Waals surface area contributed by atoms with Gasteiger partial charge in [-0.2, -0.15) is 5.10 Å². The lowest BCUT2D eigenvalue weighted by Gasteiger charge is -2.23. The first-order valence-corrected chi connectivity index (χ1v) is 8.32. The van der Waals surface area contributed by atoms with Crippen molar-refractivity contribution in [1.82, 2.24) is 19.3 Å². The SMILES string of the molecule is CCCc1nn(C)c2c1nc(CCl)n2CC1CCOCC1. The zero-order valence-electron chi connectivity index (χ0n) is 12.8. The molecule has 3 heterocycles. The summed E-state index contributed by atoms with van der Waals surface area (Å²) in [4.78, 5) is 4.75. The first kappa shape index (κ1) is 14.9. The maximum atomic E-state index is 6.12. The lowest BCUT2D eigenvalue weighted by Crippen LogP contribution is -2.21. The van der Waals surface area contributed by atoms with E-state index >= 15 is 0 Å². The van der Waals surface area contributed by atoms with Gasteiger partial charge in [-0.25, -0.2) is 4.98 Å². The summed E-state index contributed by atoms with van der Waals surface area (Å²) in [6.07, 6.45) is 4.27. The summed E-state index contributed by atoms with van der Waals surface area (Å²) in [5.41, 5.74) is 3.23. The van der Waals surface area contributed by atoms with E-state index in [4.69, 9.17) is 21.3 Å². The molecule has 2 aromatic heterocycles. The topological polar surface area (TPSA) is 44.9 Å². The quantitative estimate of drug-likeness (QED) is 0.798. The van der Waals surface area contributed by atoms with Crippen molar-refractivity contribution < 1.29 is 4.74 Å². The third-order valence-corrected chi connectivity index (χ3v) is 4.50. The summed E-state index contributed by atoms with van der Waals surface area (Å²) >= 11 is 6.12. The van der Waals surface area contributed by atoms with E-state index < -0.39 is 0 Å². The zero-order valence-corrected chi connectivity index (χ0v) is 13.6. The molecule has 0 saturated carbocycles. The number of hydrogen-bond donors (Lipinski definition) is 0. The number of fused-ring (bicyclic) bond motifs is 1. The fourth-order valence-corrected chi connectivity index (χ4v) is 3.38. The van der Waals surface area contributed by atoms with Crippen molar-refractivity contribution >= 4 is 22.8 Å². The number of ether oxygens (including phenoxy) is 1. The molecule has 0 amide bonds. The van der Waals surface area contributed by atoms with Crippen molar-refractivity contribution in [1.29, 1.82) is 0 Å². The van der Waals surface area contributed by atoms with Crippen molar-refractivity contribution in [3.8, 4) is 0 Å². The van der Waals surface area contributed by atoms with Crippen LogP contribution < -0.4 is 0 Å². The van der Waals surface area contributed by atoms with Gasteiger partial charge in [0.05, 0.1) is 11.6 Å². The third-order valence-electron chi connectivity index (χ3n) is 4.26. The van der Waals surface area contributed by atoms with Gasteiger partial charge < -0.3 is 9.30 Å². The molecule has 1 aliphatic rings. The summed E-state index contributed by atoms with van der Waals surface area (Å²) in [5.74, 6) is 2.05. The highest BCUT2D eigenvalue weighted by atomic mass is 35.5. The Morgan fingerprint density at radius 1 is 1.33 bits per heavy atom. The van der Waals surface area contributed by atoms with Gasteiger partial charge in [0.25, 0.3) is 0 Å². The zero-order chi connectivity index (χ0) is 14.8. The van der Waals surface area contributed by atoms with Gasteiger partial charge in [-0.05, 0) is 25.2 Å². The summed E-state index contributed by atoms with van der Waals surface area (Å²) in [6.45, 7) is 4.87. The molecule has 5 nitrogen and oxygen atoms in total. The number of imidazole rings is 1. The number of rotatable bonds is 5. The van der Waals surface area contributed by atoms with Gasteiger partial charge >= 0.3 is 0 Å². The van der Waals surface area contributed by atoms with Crippen LogP contribution in [0.25, 0.3) is 11.2 Å². The standard InChI is InChI=1S/C15H23ClN4O/c1-3-4-12-14-15(19(2)18-12)20(13(9-16)17-14)10-11-5-7-21-8-6-11/h11H,3-10H2,1-2H3. The normalized spacial score (nSPS) is 16.9. The van der Waals surface area contributed by atoms with E-state index in [0.29, 0.717) is 11.8 Å². The molecule has 0 atom stereocenters. The van der Waals surface area contributed by atoms with E-state index in [9.17, 15) is 0 Å². The molecule has 6 heteroatoms. The third kappa shape index (κ3) is 2.81. The molecule has 1 aliphatic heterocycles. The van der Waals surface area contributed by atoms with Crippen LogP contribution >= 0.6 is 11.6 Å². The lowest BCUT2D eigenvalue weighted by molar-refractivity contribution is 0.0613. The maximum absolute atomic E-state index is 6.12. The van der Waals surface area contributed by atoms with Crippen LogP contribution in [0.2, 0.25) is 0 Å². The average molecular weight is 311 g/mol. The van der Waals surface area contributed by atoms with Crippen molar-refractivity contribution in [2.24, 2.45) is 13.0 Å². The molecule has 2 aromatic rings. The molecule has 3 rings (SSSR count). The summed E-state index contributed by atoms with van der Waals surface area (Å²) in [6, 6.07) is 0. The van der Waals surface area contributed by atoms with Crippen molar-refractivity contribution in [3.63, 3.8) is 0 Å². The Hall–Kier alpha value is -1.07. The Kier molecular flexibility index (Phi) is 4.50. The van der Waals surface area contributed by atoms with Crippen molar-refractivity contribution in [2.45, 2.75) is 45.0 Å². The highest BCUT2D eigenvalue weighted by Crippen LogP contribution is 2.25. The van der Waals surface area contributed by atoms with Crippen LogP contribution in [0.1, 0.15) is 37.7 Å². The van der Waals surface area contributed by atoms with Gasteiger partial charge in [-0.3, -0.25) is 4.68 Å². The van der Waals surface area contributed by atoms with Crippen LogP contribution in [-0.4, -0.2) is 32.5 Å². The summed E-state index contributed by atoms with van der Waals surface area (Å²) in [5, 5.41) is 4.63. The predicted molar refractivity (Wildman–Crippen MR) is 83.6 cm³/mol. The van der Waals surface area contributed by atoms with Gasteiger partial charge in [0, 0.05) is 26.8 Å². The molecule has 0 bridgehead atoms. The van der Waals surface area contributed by atoms with Crippen LogP contribution in [0.15, 0.2) is 0 Å². The van der Waals surface area contributed by atoms with E-state index in [-0.39, 0.29) is 0 Å². The highest BCUT2D eigenvalue weighted by Gasteiger charge is 2.22. The number of alkyl halides is 1. The second kappa shape index (κ2) is 6.36. The molecule has 116 valence electrons. The number of hydrogen-bond acceptors (Lipinski definition) is 3. The first-order valence-electron chi connectivity index (χ1n) is 7.79. The minimum Gasteiger partial charge on any atom is -0.381 e. The van der Waals surface area contributed by atoms with Crippen LogP contribution in [0, 0.1) is 5.92 Å². The number of halogens is 1. The summed E-state index contributed by atoms with van der Waals surface area (Å²) in [7, 11) is 2.00. The van der Waals surface area contributed by atoms with Gasteiger partial charge in [0.1, 0.15) is 11.3 Å². The second-order valence-electron chi connectivity index (χ2n) is 5.82. The van der Waals surface area contributed by atoms with Crippen molar-refractivity contribution in [3.05, 3.63) is 11.5 Å². The van der Waals surface area contributed by atoms with E-state index in [0.717, 1.165) is 68.1 Å². The van der Waals surface area contributed by atoms with E-state index in [1.54, 1.807) is 0 Å². The van der Waals surface area contributed by atoms with Crippen LogP contribution in [0.3, 0.4) is 0 Å². The Bertz CT molecular complexity index is 613. The molecule has 1 saturated heterocycles. The maximum Gasteiger partial charge on any atom is 0.158 e. The molecular weight excluding hydrogens is 288 g/mol. The minimum absolute atomic E-state index is 0.448. The van der Waals surface area contributed by atoms with Crippen molar-refractivity contribution in [2.75, 3.05) is 13.2 Å². The molecule has 0 aromatic carbocycles. The lowest BCUT2D eigenvalue weighted by atomic mass is 10.0. The molecule has 1 fully saturated rings. The highest BCUT2D eigenvalue weighted by molar-refractivity contribution is 6.16. The molecular formula is C15H23ClN4O. The smallest absolute Gasteiger partial charge is 0.158 e. The fourth-order valence-electron chi connectivity index (χ4n) is 3.17. The van der Waals surface area contributed by atoms with Gasteiger partial charge in [0.2, 0.25) is 0 Å². The Morgan fingerprint density at radius 3 is 2.76 bits per heavy atom. The van der Waals surface area contributed by atoms with Gasteiger partial charge in [-0.15, -0.1) is 11.6 Å². The summed E-state index contributed by atoms with van der Waals surface area (Å²) < 4.78 is 9.68. The van der Waals surface area contributed by atoms with Crippen LogP contribution in [0.4, 0.5) is 0 Å². The molecule has 21 heavy (non-hydrogen) atoms.